The Morgan fingerprint density at radius 2 is 1.67 bits per heavy atom. The molecule has 0 N–H and O–H groups in total. The van der Waals surface area contributed by atoms with Gasteiger partial charge in [-0.05, 0) is 30.5 Å². The lowest BCUT2D eigenvalue weighted by Crippen LogP contribution is -2.15. The maximum absolute atomic E-state index is 12.6. The van der Waals surface area contributed by atoms with E-state index in [2.05, 4.69) is 5.10 Å². The number of hydrogen-bond acceptors (Lipinski definition) is 6. The van der Waals surface area contributed by atoms with Gasteiger partial charge in [-0.25, -0.2) is 14.3 Å². The van der Waals surface area contributed by atoms with Crippen LogP contribution in [-0.4, -0.2) is 42.2 Å². The SMILES string of the molecule is COC(=O)c1c(-c2cccc(SC)c2)nn(-c2ccccc2)c1C(=O)OC. The van der Waals surface area contributed by atoms with Crippen LogP contribution in [0.15, 0.2) is 59.5 Å². The Morgan fingerprint density at radius 3 is 2.30 bits per heavy atom. The molecule has 0 spiro atoms. The molecule has 27 heavy (non-hydrogen) atoms. The van der Waals surface area contributed by atoms with Gasteiger partial charge in [-0.2, -0.15) is 5.10 Å². The van der Waals surface area contributed by atoms with Crippen LogP contribution in [0.2, 0.25) is 0 Å². The van der Waals surface area contributed by atoms with Gasteiger partial charge in [-0.3, -0.25) is 0 Å². The van der Waals surface area contributed by atoms with Crippen molar-refractivity contribution in [3.8, 4) is 16.9 Å². The van der Waals surface area contributed by atoms with Crippen molar-refractivity contribution in [1.82, 2.24) is 9.78 Å². The van der Waals surface area contributed by atoms with Crippen molar-refractivity contribution in [3.63, 3.8) is 0 Å². The molecular formula is C20H18N2O4S. The Bertz CT molecular complexity index is 983. The largest absolute Gasteiger partial charge is 0.465 e. The standard InChI is InChI=1S/C20H18N2O4S/c1-25-19(23)16-17(13-8-7-11-15(12-13)27-3)21-22(18(16)20(24)26-2)14-9-5-4-6-10-14/h4-12H,1-3H3. The Hall–Kier alpha value is -3.06. The molecule has 0 fully saturated rings. The average Bonchev–Trinajstić information content (AvgIpc) is 3.14. The quantitative estimate of drug-likeness (QED) is 0.493. The van der Waals surface area contributed by atoms with E-state index < -0.39 is 11.9 Å². The highest BCUT2D eigenvalue weighted by Crippen LogP contribution is 2.31. The van der Waals surface area contributed by atoms with Crippen LogP contribution in [0.25, 0.3) is 16.9 Å². The third-order valence-electron chi connectivity index (χ3n) is 4.00. The first-order valence-corrected chi connectivity index (χ1v) is 9.32. The van der Waals surface area contributed by atoms with Crippen LogP contribution in [0, 0.1) is 0 Å². The topological polar surface area (TPSA) is 70.4 Å². The van der Waals surface area contributed by atoms with Gasteiger partial charge in [-0.15, -0.1) is 11.8 Å². The number of esters is 2. The van der Waals surface area contributed by atoms with Gasteiger partial charge in [0.15, 0.2) is 5.69 Å². The van der Waals surface area contributed by atoms with E-state index in [1.807, 2.05) is 48.7 Å². The molecule has 2 aromatic carbocycles. The maximum atomic E-state index is 12.6. The van der Waals surface area contributed by atoms with Crippen LogP contribution in [0.3, 0.4) is 0 Å². The number of hydrogen-bond donors (Lipinski definition) is 0. The molecule has 138 valence electrons. The Morgan fingerprint density at radius 1 is 0.963 bits per heavy atom. The monoisotopic (exact) mass is 382 g/mol. The lowest BCUT2D eigenvalue weighted by atomic mass is 10.1. The summed E-state index contributed by atoms with van der Waals surface area (Å²) < 4.78 is 11.3. The molecule has 0 saturated heterocycles. The minimum absolute atomic E-state index is 0.0279. The third-order valence-corrected chi connectivity index (χ3v) is 4.72. The van der Waals surface area contributed by atoms with E-state index in [1.165, 1.54) is 18.9 Å². The van der Waals surface area contributed by atoms with Crippen LogP contribution in [0.1, 0.15) is 20.8 Å². The van der Waals surface area contributed by atoms with Gasteiger partial charge in [-0.1, -0.05) is 30.3 Å². The predicted molar refractivity (Wildman–Crippen MR) is 103 cm³/mol. The average molecular weight is 382 g/mol. The van der Waals surface area contributed by atoms with Gasteiger partial charge >= 0.3 is 11.9 Å². The summed E-state index contributed by atoms with van der Waals surface area (Å²) in [4.78, 5) is 26.1. The van der Waals surface area contributed by atoms with E-state index in [0.717, 1.165) is 4.90 Å². The number of carbonyl (C=O) groups is 2. The molecule has 7 heteroatoms. The Balaban J connectivity index is 2.34. The molecule has 0 amide bonds. The maximum Gasteiger partial charge on any atom is 0.357 e. The van der Waals surface area contributed by atoms with E-state index in [1.54, 1.807) is 23.9 Å². The highest BCUT2D eigenvalue weighted by molar-refractivity contribution is 7.98. The fourth-order valence-corrected chi connectivity index (χ4v) is 3.19. The van der Waals surface area contributed by atoms with Crippen LogP contribution >= 0.6 is 11.8 Å². The fourth-order valence-electron chi connectivity index (χ4n) is 2.73. The van der Waals surface area contributed by atoms with E-state index in [4.69, 9.17) is 9.47 Å². The van der Waals surface area contributed by atoms with Gasteiger partial charge in [0.2, 0.25) is 0 Å². The number of ether oxygens (including phenoxy) is 2. The zero-order valence-electron chi connectivity index (χ0n) is 15.1. The van der Waals surface area contributed by atoms with E-state index in [-0.39, 0.29) is 11.3 Å². The number of rotatable bonds is 5. The highest BCUT2D eigenvalue weighted by atomic mass is 32.2. The van der Waals surface area contributed by atoms with Crippen molar-refractivity contribution in [1.29, 1.82) is 0 Å². The molecular weight excluding hydrogens is 364 g/mol. The van der Waals surface area contributed by atoms with Gasteiger partial charge in [0.1, 0.15) is 11.3 Å². The first-order valence-electron chi connectivity index (χ1n) is 8.10. The molecule has 3 rings (SSSR count). The molecule has 0 aliphatic carbocycles. The smallest absolute Gasteiger partial charge is 0.357 e. The van der Waals surface area contributed by atoms with Crippen molar-refractivity contribution < 1.29 is 19.1 Å². The zero-order valence-corrected chi connectivity index (χ0v) is 15.9. The van der Waals surface area contributed by atoms with Crippen LogP contribution in [0.4, 0.5) is 0 Å². The summed E-state index contributed by atoms with van der Waals surface area (Å²) in [5, 5.41) is 4.57. The first-order chi connectivity index (χ1) is 13.1. The third kappa shape index (κ3) is 3.59. The summed E-state index contributed by atoms with van der Waals surface area (Å²) in [7, 11) is 2.53. The molecule has 3 aromatic rings. The predicted octanol–water partition coefficient (Wildman–Crippen LogP) is 3.83. The minimum atomic E-state index is -0.668. The molecule has 0 saturated carbocycles. The molecule has 0 bridgehead atoms. The van der Waals surface area contributed by atoms with Crippen molar-refractivity contribution in [2.75, 3.05) is 20.5 Å². The van der Waals surface area contributed by atoms with Crippen LogP contribution < -0.4 is 0 Å². The number of aromatic nitrogens is 2. The van der Waals surface area contributed by atoms with Gasteiger partial charge < -0.3 is 9.47 Å². The highest BCUT2D eigenvalue weighted by Gasteiger charge is 2.31. The summed E-state index contributed by atoms with van der Waals surface area (Å²) in [5.74, 6) is -1.32. The molecule has 0 radical (unpaired) electrons. The van der Waals surface area contributed by atoms with Crippen molar-refractivity contribution in [2.45, 2.75) is 4.90 Å². The number of nitrogens with zero attached hydrogens (tertiary/aromatic N) is 2. The minimum Gasteiger partial charge on any atom is -0.465 e. The number of para-hydroxylation sites is 1. The zero-order chi connectivity index (χ0) is 19.4. The molecule has 1 heterocycles. The second kappa shape index (κ2) is 8.09. The van der Waals surface area contributed by atoms with Gasteiger partial charge in [0.25, 0.3) is 0 Å². The second-order valence-electron chi connectivity index (χ2n) is 5.53. The Labute approximate surface area is 161 Å². The number of methoxy groups -OCH3 is 2. The van der Waals surface area contributed by atoms with Crippen LogP contribution in [-0.2, 0) is 9.47 Å². The summed E-state index contributed by atoms with van der Waals surface area (Å²) >= 11 is 1.57. The number of thioether (sulfide) groups is 1. The van der Waals surface area contributed by atoms with Crippen molar-refractivity contribution >= 4 is 23.7 Å². The second-order valence-corrected chi connectivity index (χ2v) is 6.41. The normalized spacial score (nSPS) is 10.5. The number of benzene rings is 2. The molecule has 0 aliphatic rings. The van der Waals surface area contributed by atoms with Crippen LogP contribution in [0.5, 0.6) is 0 Å². The summed E-state index contributed by atoms with van der Waals surface area (Å²) in [6, 6.07) is 16.7. The lowest BCUT2D eigenvalue weighted by Gasteiger charge is -2.07. The summed E-state index contributed by atoms with van der Waals surface area (Å²) in [6.07, 6.45) is 1.96. The van der Waals surface area contributed by atoms with E-state index >= 15 is 0 Å². The Kier molecular flexibility index (Phi) is 5.61. The van der Waals surface area contributed by atoms with E-state index in [9.17, 15) is 9.59 Å². The van der Waals surface area contributed by atoms with Gasteiger partial charge in [0.05, 0.1) is 19.9 Å². The fraction of sp³-hybridized carbons (Fsp3) is 0.150. The molecule has 0 atom stereocenters. The van der Waals surface area contributed by atoms with Gasteiger partial charge in [0, 0.05) is 10.5 Å². The molecule has 0 aliphatic heterocycles. The molecule has 6 nitrogen and oxygen atoms in total. The number of carbonyl (C=O) groups excluding carboxylic acids is 2. The molecule has 0 unspecified atom stereocenters. The lowest BCUT2D eigenvalue weighted by molar-refractivity contribution is 0.0549. The molecule has 1 aromatic heterocycles. The summed E-state index contributed by atoms with van der Waals surface area (Å²) in [6.45, 7) is 0. The van der Waals surface area contributed by atoms with Crippen molar-refractivity contribution in [3.05, 3.63) is 65.9 Å². The first kappa shape index (κ1) is 18.7. The van der Waals surface area contributed by atoms with Crippen molar-refractivity contribution in [2.24, 2.45) is 0 Å². The summed E-state index contributed by atoms with van der Waals surface area (Å²) in [5.41, 5.74) is 1.81. The van der Waals surface area contributed by atoms with E-state index in [0.29, 0.717) is 16.9 Å².